The second kappa shape index (κ2) is 5.40. The van der Waals surface area contributed by atoms with Gasteiger partial charge in [0.25, 0.3) is 0 Å². The molecule has 0 amide bonds. The number of phenols is 1. The summed E-state index contributed by atoms with van der Waals surface area (Å²) in [6.07, 6.45) is 0. The van der Waals surface area contributed by atoms with E-state index in [1.165, 1.54) is 12.1 Å². The molecule has 0 aliphatic rings. The van der Waals surface area contributed by atoms with Crippen LogP contribution in [0.3, 0.4) is 0 Å². The van der Waals surface area contributed by atoms with Gasteiger partial charge >= 0.3 is 0 Å². The van der Waals surface area contributed by atoms with Crippen molar-refractivity contribution < 1.29 is 14.6 Å². The summed E-state index contributed by atoms with van der Waals surface area (Å²) in [6.45, 7) is 3.83. The van der Waals surface area contributed by atoms with Crippen molar-refractivity contribution >= 4 is 11.4 Å². The standard InChI is InChI=1S/C16H14O3/c1-11(12-5-9-15(19-2)10-6-12)16(18)13-3-7-14(17)8-4-13/h3-10,17H,1H2,2H3. The number of hydrogen-bond donors (Lipinski definition) is 1. The Hall–Kier alpha value is -2.55. The van der Waals surface area contributed by atoms with Crippen LogP contribution in [0.15, 0.2) is 55.1 Å². The topological polar surface area (TPSA) is 46.5 Å². The summed E-state index contributed by atoms with van der Waals surface area (Å²) in [6, 6.07) is 13.3. The van der Waals surface area contributed by atoms with Crippen molar-refractivity contribution in [1.82, 2.24) is 0 Å². The van der Waals surface area contributed by atoms with Crippen LogP contribution >= 0.6 is 0 Å². The summed E-state index contributed by atoms with van der Waals surface area (Å²) in [7, 11) is 1.59. The van der Waals surface area contributed by atoms with Crippen LogP contribution in [0.4, 0.5) is 0 Å². The van der Waals surface area contributed by atoms with Crippen molar-refractivity contribution in [3.63, 3.8) is 0 Å². The Morgan fingerprint density at radius 3 is 2.05 bits per heavy atom. The van der Waals surface area contributed by atoms with Crippen molar-refractivity contribution in [1.29, 1.82) is 0 Å². The first kappa shape index (κ1) is 12.9. The molecule has 2 rings (SSSR count). The van der Waals surface area contributed by atoms with Crippen LogP contribution in [0.1, 0.15) is 15.9 Å². The highest BCUT2D eigenvalue weighted by Gasteiger charge is 2.12. The third-order valence-electron chi connectivity index (χ3n) is 2.84. The maximum absolute atomic E-state index is 12.2. The van der Waals surface area contributed by atoms with Crippen LogP contribution in [0, 0.1) is 0 Å². The molecular formula is C16H14O3. The van der Waals surface area contributed by atoms with Crippen LogP contribution in [0.25, 0.3) is 5.57 Å². The molecule has 0 saturated heterocycles. The van der Waals surface area contributed by atoms with E-state index >= 15 is 0 Å². The molecule has 0 spiro atoms. The number of allylic oxidation sites excluding steroid dienone is 1. The Morgan fingerprint density at radius 2 is 1.53 bits per heavy atom. The highest BCUT2D eigenvalue weighted by Crippen LogP contribution is 2.21. The number of aromatic hydroxyl groups is 1. The first-order valence-corrected chi connectivity index (χ1v) is 5.79. The fourth-order valence-corrected chi connectivity index (χ4v) is 1.71. The van der Waals surface area contributed by atoms with E-state index in [9.17, 15) is 9.90 Å². The third kappa shape index (κ3) is 2.83. The van der Waals surface area contributed by atoms with E-state index in [2.05, 4.69) is 6.58 Å². The van der Waals surface area contributed by atoms with Crippen LogP contribution in [0.2, 0.25) is 0 Å². The second-order valence-electron chi connectivity index (χ2n) is 4.08. The molecule has 19 heavy (non-hydrogen) atoms. The van der Waals surface area contributed by atoms with Crippen LogP contribution in [-0.2, 0) is 0 Å². The summed E-state index contributed by atoms with van der Waals surface area (Å²) < 4.78 is 5.06. The van der Waals surface area contributed by atoms with Crippen molar-refractivity contribution in [2.24, 2.45) is 0 Å². The lowest BCUT2D eigenvalue weighted by molar-refractivity contribution is 0.105. The smallest absolute Gasteiger partial charge is 0.193 e. The number of rotatable bonds is 4. The van der Waals surface area contributed by atoms with Crippen molar-refractivity contribution in [3.05, 3.63) is 66.2 Å². The minimum atomic E-state index is -0.162. The highest BCUT2D eigenvalue weighted by atomic mass is 16.5. The number of benzene rings is 2. The van der Waals surface area contributed by atoms with Gasteiger partial charge in [-0.25, -0.2) is 0 Å². The zero-order chi connectivity index (χ0) is 13.8. The molecule has 3 heteroatoms. The molecule has 0 unspecified atom stereocenters. The molecular weight excluding hydrogens is 240 g/mol. The fourth-order valence-electron chi connectivity index (χ4n) is 1.71. The van der Waals surface area contributed by atoms with Gasteiger partial charge in [0.05, 0.1) is 7.11 Å². The lowest BCUT2D eigenvalue weighted by Gasteiger charge is -2.06. The Kier molecular flexibility index (Phi) is 3.66. The zero-order valence-corrected chi connectivity index (χ0v) is 10.6. The Labute approximate surface area is 111 Å². The van der Waals surface area contributed by atoms with Gasteiger partial charge in [0.15, 0.2) is 5.78 Å². The van der Waals surface area contributed by atoms with E-state index in [1.54, 1.807) is 43.5 Å². The molecule has 0 aliphatic heterocycles. The zero-order valence-electron chi connectivity index (χ0n) is 10.6. The van der Waals surface area contributed by atoms with Crippen LogP contribution in [-0.4, -0.2) is 18.0 Å². The molecule has 96 valence electrons. The minimum absolute atomic E-state index is 0.131. The largest absolute Gasteiger partial charge is 0.508 e. The van der Waals surface area contributed by atoms with Gasteiger partial charge in [0.2, 0.25) is 0 Å². The summed E-state index contributed by atoms with van der Waals surface area (Å²) in [5.74, 6) is 0.699. The third-order valence-corrected chi connectivity index (χ3v) is 2.84. The molecule has 0 aromatic heterocycles. The minimum Gasteiger partial charge on any atom is -0.508 e. The maximum atomic E-state index is 12.2. The summed E-state index contributed by atoms with van der Waals surface area (Å²) in [5.41, 5.74) is 1.66. The fraction of sp³-hybridized carbons (Fsp3) is 0.0625. The number of phenolic OH excluding ortho intramolecular Hbond substituents is 1. The number of ketones is 1. The maximum Gasteiger partial charge on any atom is 0.193 e. The summed E-state index contributed by atoms with van der Waals surface area (Å²) in [5, 5.41) is 9.20. The molecule has 0 radical (unpaired) electrons. The van der Waals surface area contributed by atoms with E-state index in [0.29, 0.717) is 11.1 Å². The second-order valence-corrected chi connectivity index (χ2v) is 4.08. The van der Waals surface area contributed by atoms with Gasteiger partial charge in [-0.3, -0.25) is 4.79 Å². The van der Waals surface area contributed by atoms with Crippen molar-refractivity contribution in [3.8, 4) is 11.5 Å². The van der Waals surface area contributed by atoms with Gasteiger partial charge in [0.1, 0.15) is 11.5 Å². The van der Waals surface area contributed by atoms with Gasteiger partial charge in [-0.1, -0.05) is 18.7 Å². The van der Waals surface area contributed by atoms with E-state index in [0.717, 1.165) is 11.3 Å². The Bertz CT molecular complexity index is 595. The first-order valence-electron chi connectivity index (χ1n) is 5.79. The predicted molar refractivity (Wildman–Crippen MR) is 74.5 cm³/mol. The summed E-state index contributed by atoms with van der Waals surface area (Å²) in [4.78, 5) is 12.2. The number of hydrogen-bond acceptors (Lipinski definition) is 3. The average molecular weight is 254 g/mol. The van der Waals surface area contributed by atoms with E-state index in [-0.39, 0.29) is 11.5 Å². The van der Waals surface area contributed by atoms with Crippen LogP contribution in [0.5, 0.6) is 11.5 Å². The van der Waals surface area contributed by atoms with Crippen LogP contribution < -0.4 is 4.74 Å². The number of Topliss-reactive ketones (excluding diaryl/α,β-unsaturated/α-hetero) is 1. The number of ether oxygens (including phenoxy) is 1. The van der Waals surface area contributed by atoms with Gasteiger partial charge in [0, 0.05) is 11.1 Å². The highest BCUT2D eigenvalue weighted by molar-refractivity contribution is 6.28. The monoisotopic (exact) mass is 254 g/mol. The molecule has 0 saturated carbocycles. The lowest BCUT2D eigenvalue weighted by Crippen LogP contribution is -2.01. The summed E-state index contributed by atoms with van der Waals surface area (Å²) >= 11 is 0. The Morgan fingerprint density at radius 1 is 1.00 bits per heavy atom. The lowest BCUT2D eigenvalue weighted by atomic mass is 9.98. The molecule has 0 atom stereocenters. The number of methoxy groups -OCH3 is 1. The average Bonchev–Trinajstić information content (AvgIpc) is 2.46. The van der Waals surface area contributed by atoms with Crippen molar-refractivity contribution in [2.45, 2.75) is 0 Å². The molecule has 0 aliphatic carbocycles. The SMILES string of the molecule is C=C(C(=O)c1ccc(O)cc1)c1ccc(OC)cc1. The van der Waals surface area contributed by atoms with Gasteiger partial charge in [-0.15, -0.1) is 0 Å². The number of carbonyl (C=O) groups is 1. The molecule has 2 aromatic carbocycles. The van der Waals surface area contributed by atoms with Crippen molar-refractivity contribution in [2.75, 3.05) is 7.11 Å². The van der Waals surface area contributed by atoms with Gasteiger partial charge in [-0.05, 0) is 42.0 Å². The number of carbonyl (C=O) groups excluding carboxylic acids is 1. The Balaban J connectivity index is 2.23. The molecule has 1 N–H and O–H groups in total. The van der Waals surface area contributed by atoms with E-state index < -0.39 is 0 Å². The van der Waals surface area contributed by atoms with Gasteiger partial charge in [-0.2, -0.15) is 0 Å². The molecule has 3 nitrogen and oxygen atoms in total. The van der Waals surface area contributed by atoms with E-state index in [1.807, 2.05) is 0 Å². The first-order chi connectivity index (χ1) is 9.11. The quantitative estimate of drug-likeness (QED) is 0.672. The molecule has 0 fully saturated rings. The van der Waals surface area contributed by atoms with E-state index in [4.69, 9.17) is 4.74 Å². The molecule has 0 bridgehead atoms. The predicted octanol–water partition coefficient (Wildman–Crippen LogP) is 3.30. The normalized spacial score (nSPS) is 9.95. The van der Waals surface area contributed by atoms with Gasteiger partial charge < -0.3 is 9.84 Å². The molecule has 2 aromatic rings. The molecule has 0 heterocycles.